The minimum Gasteiger partial charge on any atom is -0.346 e. The van der Waals surface area contributed by atoms with Crippen LogP contribution in [0.1, 0.15) is 40.2 Å². The molecule has 2 aromatic heterocycles. The van der Waals surface area contributed by atoms with Crippen molar-refractivity contribution in [2.75, 3.05) is 17.8 Å². The van der Waals surface area contributed by atoms with Crippen LogP contribution in [0.25, 0.3) is 11.0 Å². The normalized spacial score (nSPS) is 14.9. The highest BCUT2D eigenvalue weighted by Gasteiger charge is 2.27. The number of likely N-dealkylation sites (tertiary alicyclic amines) is 1. The molecule has 7 nitrogen and oxygen atoms in total. The van der Waals surface area contributed by atoms with E-state index in [2.05, 4.69) is 20.8 Å². The second-order valence-corrected chi connectivity index (χ2v) is 10.4. The molecule has 0 aliphatic carbocycles. The van der Waals surface area contributed by atoms with Gasteiger partial charge in [-0.15, -0.1) is 0 Å². The van der Waals surface area contributed by atoms with E-state index in [9.17, 15) is 13.2 Å². The number of piperidine rings is 1. The average molecular weight is 475 g/mol. The summed E-state index contributed by atoms with van der Waals surface area (Å²) in [7, 11) is -3.81. The number of aromatic amines is 1. The molecule has 1 fully saturated rings. The third-order valence-corrected chi connectivity index (χ3v) is 7.75. The number of hydrogen-bond acceptors (Lipinski definition) is 4. The molecule has 8 heteroatoms. The molecule has 0 unspecified atom stereocenters. The summed E-state index contributed by atoms with van der Waals surface area (Å²) >= 11 is 0. The van der Waals surface area contributed by atoms with Crippen molar-refractivity contribution in [3.8, 4) is 0 Å². The SMILES string of the molecule is Cc1cccc(NS(=O)(=O)c2cccc(C(=O)N3CCC(c4c[nH]c5ncccc45)CC3)c2)c1. The molecule has 34 heavy (non-hydrogen) atoms. The van der Waals surface area contributed by atoms with Crippen molar-refractivity contribution in [1.29, 1.82) is 0 Å². The molecule has 3 heterocycles. The van der Waals surface area contributed by atoms with E-state index in [1.54, 1.807) is 36.5 Å². The minimum absolute atomic E-state index is 0.0704. The molecule has 0 saturated carbocycles. The molecule has 0 bridgehead atoms. The number of carbonyl (C=O) groups is 1. The zero-order chi connectivity index (χ0) is 23.7. The quantitative estimate of drug-likeness (QED) is 0.439. The number of aromatic nitrogens is 2. The zero-order valence-corrected chi connectivity index (χ0v) is 19.7. The molecule has 1 amide bonds. The van der Waals surface area contributed by atoms with Crippen molar-refractivity contribution in [2.45, 2.75) is 30.6 Å². The maximum atomic E-state index is 13.2. The largest absolute Gasteiger partial charge is 0.346 e. The van der Waals surface area contributed by atoms with Gasteiger partial charge in [0.1, 0.15) is 5.65 Å². The highest BCUT2D eigenvalue weighted by Crippen LogP contribution is 2.33. The first kappa shape index (κ1) is 22.2. The first-order valence-corrected chi connectivity index (χ1v) is 12.8. The summed E-state index contributed by atoms with van der Waals surface area (Å²) in [5.74, 6) is 0.207. The second-order valence-electron chi connectivity index (χ2n) is 8.71. The van der Waals surface area contributed by atoms with E-state index in [0.717, 1.165) is 29.4 Å². The third kappa shape index (κ3) is 4.41. The van der Waals surface area contributed by atoms with Crippen molar-refractivity contribution in [3.05, 3.63) is 89.7 Å². The third-order valence-electron chi connectivity index (χ3n) is 6.37. The summed E-state index contributed by atoms with van der Waals surface area (Å²) < 4.78 is 28.4. The number of sulfonamides is 1. The lowest BCUT2D eigenvalue weighted by atomic mass is 9.89. The van der Waals surface area contributed by atoms with Crippen LogP contribution in [-0.2, 0) is 10.0 Å². The van der Waals surface area contributed by atoms with Crippen LogP contribution in [0.3, 0.4) is 0 Å². The lowest BCUT2D eigenvalue weighted by Crippen LogP contribution is -2.38. The van der Waals surface area contributed by atoms with Crippen LogP contribution < -0.4 is 4.72 Å². The lowest BCUT2D eigenvalue weighted by molar-refractivity contribution is 0.0713. The van der Waals surface area contributed by atoms with Crippen LogP contribution in [-0.4, -0.2) is 42.3 Å². The van der Waals surface area contributed by atoms with Crippen LogP contribution in [0.15, 0.2) is 78.0 Å². The molecule has 0 radical (unpaired) electrons. The zero-order valence-electron chi connectivity index (χ0n) is 18.9. The maximum absolute atomic E-state index is 13.2. The molecule has 2 aromatic carbocycles. The predicted molar refractivity (Wildman–Crippen MR) is 132 cm³/mol. The Kier molecular flexibility index (Phi) is 5.83. The van der Waals surface area contributed by atoms with Gasteiger partial charge in [0.25, 0.3) is 15.9 Å². The minimum atomic E-state index is -3.81. The van der Waals surface area contributed by atoms with Crippen molar-refractivity contribution in [1.82, 2.24) is 14.9 Å². The molecule has 1 saturated heterocycles. The Morgan fingerprint density at radius 1 is 1.06 bits per heavy atom. The number of aryl methyl sites for hydroxylation is 1. The summed E-state index contributed by atoms with van der Waals surface area (Å²) in [6, 6.07) is 17.4. The Morgan fingerprint density at radius 3 is 2.65 bits per heavy atom. The molecule has 4 aromatic rings. The number of nitrogens with one attached hydrogen (secondary N) is 2. The van der Waals surface area contributed by atoms with E-state index in [1.807, 2.05) is 30.2 Å². The van der Waals surface area contributed by atoms with Crippen LogP contribution in [0.2, 0.25) is 0 Å². The molecule has 0 atom stereocenters. The fourth-order valence-corrected chi connectivity index (χ4v) is 5.70. The van der Waals surface area contributed by atoms with Gasteiger partial charge in [-0.1, -0.05) is 18.2 Å². The second kappa shape index (κ2) is 8.95. The van der Waals surface area contributed by atoms with E-state index in [1.165, 1.54) is 17.7 Å². The number of nitrogens with zero attached hydrogens (tertiary/aromatic N) is 2. The van der Waals surface area contributed by atoms with Crippen LogP contribution in [0.5, 0.6) is 0 Å². The van der Waals surface area contributed by atoms with E-state index in [4.69, 9.17) is 0 Å². The molecular weight excluding hydrogens is 448 g/mol. The van der Waals surface area contributed by atoms with Crippen molar-refractivity contribution in [2.24, 2.45) is 0 Å². The number of H-pyrrole nitrogens is 1. The predicted octanol–water partition coefficient (Wildman–Crippen LogP) is 4.69. The topological polar surface area (TPSA) is 95.2 Å². The number of anilines is 1. The summed E-state index contributed by atoms with van der Waals surface area (Å²) in [6.07, 6.45) is 5.49. The molecular formula is C26H26N4O3S. The number of pyridine rings is 1. The first-order valence-electron chi connectivity index (χ1n) is 11.3. The Balaban J connectivity index is 1.29. The molecule has 0 spiro atoms. The monoisotopic (exact) mass is 474 g/mol. The van der Waals surface area contributed by atoms with Gasteiger partial charge in [-0.2, -0.15) is 0 Å². The Bertz CT molecular complexity index is 1450. The molecule has 1 aliphatic heterocycles. The van der Waals surface area contributed by atoms with Gasteiger partial charge < -0.3 is 9.88 Å². The summed E-state index contributed by atoms with van der Waals surface area (Å²) in [6.45, 7) is 3.14. The maximum Gasteiger partial charge on any atom is 0.261 e. The van der Waals surface area contributed by atoms with E-state index in [0.29, 0.717) is 30.3 Å². The average Bonchev–Trinajstić information content (AvgIpc) is 3.28. The van der Waals surface area contributed by atoms with Crippen LogP contribution in [0.4, 0.5) is 5.69 Å². The fraction of sp³-hybridized carbons (Fsp3) is 0.231. The molecule has 1 aliphatic rings. The van der Waals surface area contributed by atoms with Gasteiger partial charge in [0, 0.05) is 42.1 Å². The van der Waals surface area contributed by atoms with E-state index in [-0.39, 0.29) is 10.8 Å². The van der Waals surface area contributed by atoms with Gasteiger partial charge >= 0.3 is 0 Å². The van der Waals surface area contributed by atoms with Crippen LogP contribution in [0, 0.1) is 6.92 Å². The molecule has 174 valence electrons. The number of fused-ring (bicyclic) bond motifs is 1. The number of hydrogen-bond donors (Lipinski definition) is 2. The van der Waals surface area contributed by atoms with Crippen molar-refractivity contribution >= 4 is 32.7 Å². The van der Waals surface area contributed by atoms with Gasteiger partial charge in [0.05, 0.1) is 4.90 Å². The Labute approximate surface area is 198 Å². The van der Waals surface area contributed by atoms with Crippen molar-refractivity contribution < 1.29 is 13.2 Å². The standard InChI is InChI=1S/C26H26N4O3S/c1-18-5-2-7-21(15-18)29-34(32,33)22-8-3-6-20(16-22)26(31)30-13-10-19(11-14-30)24-17-28-25-23(24)9-4-12-27-25/h2-9,12,15-17,19,29H,10-11,13-14H2,1H3,(H,27,28). The molecule has 2 N–H and O–H groups in total. The van der Waals surface area contributed by atoms with Gasteiger partial charge in [-0.3, -0.25) is 9.52 Å². The number of benzene rings is 2. The first-order chi connectivity index (χ1) is 16.4. The number of amides is 1. The fourth-order valence-electron chi connectivity index (χ4n) is 4.61. The smallest absolute Gasteiger partial charge is 0.261 e. The lowest BCUT2D eigenvalue weighted by Gasteiger charge is -2.32. The van der Waals surface area contributed by atoms with Crippen molar-refractivity contribution in [3.63, 3.8) is 0 Å². The molecule has 5 rings (SSSR count). The van der Waals surface area contributed by atoms with E-state index < -0.39 is 10.0 Å². The van der Waals surface area contributed by atoms with Crippen LogP contribution >= 0.6 is 0 Å². The number of carbonyl (C=O) groups excluding carboxylic acids is 1. The van der Waals surface area contributed by atoms with Gasteiger partial charge in [-0.25, -0.2) is 13.4 Å². The number of rotatable bonds is 5. The summed E-state index contributed by atoms with van der Waals surface area (Å²) in [5.41, 5.74) is 3.95. The Hall–Kier alpha value is -3.65. The highest BCUT2D eigenvalue weighted by molar-refractivity contribution is 7.92. The van der Waals surface area contributed by atoms with Gasteiger partial charge in [0.15, 0.2) is 0 Å². The van der Waals surface area contributed by atoms with Gasteiger partial charge in [-0.05, 0) is 79.3 Å². The van der Waals surface area contributed by atoms with Gasteiger partial charge in [0.2, 0.25) is 0 Å². The van der Waals surface area contributed by atoms with E-state index >= 15 is 0 Å². The summed E-state index contributed by atoms with van der Waals surface area (Å²) in [4.78, 5) is 22.7. The highest BCUT2D eigenvalue weighted by atomic mass is 32.2. The summed E-state index contributed by atoms with van der Waals surface area (Å²) in [5, 5.41) is 1.13. The Morgan fingerprint density at radius 2 is 1.85 bits per heavy atom.